The van der Waals surface area contributed by atoms with Crippen molar-refractivity contribution in [1.29, 1.82) is 0 Å². The molecule has 4 heteroatoms. The Morgan fingerprint density at radius 2 is 1.64 bits per heavy atom. The molecule has 0 saturated heterocycles. The summed E-state index contributed by atoms with van der Waals surface area (Å²) in [7, 11) is 0. The predicted octanol–water partition coefficient (Wildman–Crippen LogP) is 3.52. The van der Waals surface area contributed by atoms with E-state index >= 15 is 0 Å². The Morgan fingerprint density at radius 1 is 1.07 bits per heavy atom. The van der Waals surface area contributed by atoms with Gasteiger partial charge in [0.25, 0.3) is 0 Å². The zero-order valence-electron chi connectivity index (χ0n) is 8.61. The van der Waals surface area contributed by atoms with Gasteiger partial charge in [-0.3, -0.25) is 0 Å². The summed E-state index contributed by atoms with van der Waals surface area (Å²) in [4.78, 5) is 0. The summed E-state index contributed by atoms with van der Waals surface area (Å²) >= 11 is 0. The average molecular weight is 212 g/mol. The molecule has 1 nitrogen and oxygen atoms in total. The molecule has 14 heavy (non-hydrogen) atoms. The van der Waals surface area contributed by atoms with Crippen molar-refractivity contribution in [2.24, 2.45) is 5.92 Å². The molecule has 0 fully saturated rings. The Balaban J connectivity index is 3.54. The fourth-order valence-electron chi connectivity index (χ4n) is 1.35. The van der Waals surface area contributed by atoms with Gasteiger partial charge in [0.1, 0.15) is 0 Å². The standard InChI is InChI=1S/C10H19F3O/c1-2-3-4-5-6-7-9(8-14)10(11,12)13/h9,14H,2-8H2,1H3/t9-/m1/s1. The zero-order chi connectivity index (χ0) is 11.0. The van der Waals surface area contributed by atoms with Crippen LogP contribution in [-0.2, 0) is 0 Å². The first-order chi connectivity index (χ1) is 6.52. The van der Waals surface area contributed by atoms with E-state index in [0.29, 0.717) is 6.42 Å². The molecule has 0 rings (SSSR count). The fourth-order valence-corrected chi connectivity index (χ4v) is 1.35. The van der Waals surface area contributed by atoms with Crippen LogP contribution >= 0.6 is 0 Å². The van der Waals surface area contributed by atoms with Gasteiger partial charge in [0, 0.05) is 0 Å². The first-order valence-electron chi connectivity index (χ1n) is 5.20. The van der Waals surface area contributed by atoms with Gasteiger partial charge in [0.2, 0.25) is 0 Å². The normalized spacial score (nSPS) is 14.4. The Hall–Kier alpha value is -0.250. The van der Waals surface area contributed by atoms with Crippen molar-refractivity contribution in [3.05, 3.63) is 0 Å². The van der Waals surface area contributed by atoms with Gasteiger partial charge in [-0.25, -0.2) is 0 Å². The van der Waals surface area contributed by atoms with E-state index in [1.165, 1.54) is 0 Å². The summed E-state index contributed by atoms with van der Waals surface area (Å²) < 4.78 is 36.4. The van der Waals surface area contributed by atoms with Crippen molar-refractivity contribution in [1.82, 2.24) is 0 Å². The molecular formula is C10H19F3O. The Kier molecular flexibility index (Phi) is 6.97. The molecular weight excluding hydrogens is 193 g/mol. The quantitative estimate of drug-likeness (QED) is 0.640. The smallest absolute Gasteiger partial charge is 0.394 e. The molecule has 86 valence electrons. The van der Waals surface area contributed by atoms with Crippen LogP contribution in [0.2, 0.25) is 0 Å². The summed E-state index contributed by atoms with van der Waals surface area (Å²) in [5.41, 5.74) is 0. The number of hydrogen-bond acceptors (Lipinski definition) is 1. The van der Waals surface area contributed by atoms with Crippen molar-refractivity contribution < 1.29 is 18.3 Å². The van der Waals surface area contributed by atoms with E-state index in [-0.39, 0.29) is 6.42 Å². The molecule has 0 unspecified atom stereocenters. The van der Waals surface area contributed by atoms with E-state index in [9.17, 15) is 13.2 Å². The van der Waals surface area contributed by atoms with Crippen LogP contribution in [0.1, 0.15) is 45.4 Å². The fraction of sp³-hybridized carbons (Fsp3) is 1.00. The monoisotopic (exact) mass is 212 g/mol. The molecule has 0 bridgehead atoms. The Bertz CT molecular complexity index is 134. The van der Waals surface area contributed by atoms with Crippen LogP contribution in [0.15, 0.2) is 0 Å². The van der Waals surface area contributed by atoms with Crippen LogP contribution in [0.4, 0.5) is 13.2 Å². The minimum atomic E-state index is -4.24. The van der Waals surface area contributed by atoms with Crippen molar-refractivity contribution >= 4 is 0 Å². The minimum absolute atomic E-state index is 0.0592. The molecule has 0 aromatic carbocycles. The molecule has 0 spiro atoms. The lowest BCUT2D eigenvalue weighted by atomic mass is 10.0. The van der Waals surface area contributed by atoms with E-state index in [1.807, 2.05) is 0 Å². The van der Waals surface area contributed by atoms with Gasteiger partial charge >= 0.3 is 6.18 Å². The van der Waals surface area contributed by atoms with Gasteiger partial charge in [-0.15, -0.1) is 0 Å². The van der Waals surface area contributed by atoms with E-state index in [4.69, 9.17) is 5.11 Å². The number of unbranched alkanes of at least 4 members (excludes halogenated alkanes) is 4. The maximum atomic E-state index is 12.1. The molecule has 0 aliphatic heterocycles. The first-order valence-corrected chi connectivity index (χ1v) is 5.20. The number of aliphatic hydroxyl groups excluding tert-OH is 1. The molecule has 0 radical (unpaired) electrons. The minimum Gasteiger partial charge on any atom is -0.396 e. The maximum absolute atomic E-state index is 12.1. The van der Waals surface area contributed by atoms with E-state index < -0.39 is 18.7 Å². The topological polar surface area (TPSA) is 20.2 Å². The van der Waals surface area contributed by atoms with E-state index in [1.54, 1.807) is 0 Å². The van der Waals surface area contributed by atoms with Gasteiger partial charge in [-0.05, 0) is 6.42 Å². The average Bonchev–Trinajstić information content (AvgIpc) is 2.09. The molecule has 0 aromatic heterocycles. The number of alkyl halides is 3. The van der Waals surface area contributed by atoms with Gasteiger partial charge < -0.3 is 5.11 Å². The second kappa shape index (κ2) is 7.10. The molecule has 0 saturated carbocycles. The summed E-state index contributed by atoms with van der Waals surface area (Å²) in [6.45, 7) is 1.28. The van der Waals surface area contributed by atoms with Crippen LogP contribution in [0.3, 0.4) is 0 Å². The van der Waals surface area contributed by atoms with Crippen molar-refractivity contribution in [2.75, 3.05) is 6.61 Å². The Morgan fingerprint density at radius 3 is 2.07 bits per heavy atom. The van der Waals surface area contributed by atoms with Crippen LogP contribution in [0, 0.1) is 5.92 Å². The highest BCUT2D eigenvalue weighted by Crippen LogP contribution is 2.29. The number of halogens is 3. The SMILES string of the molecule is CCCCCCC[C@H](CO)C(F)(F)F. The number of hydrogen-bond donors (Lipinski definition) is 1. The first kappa shape index (κ1) is 13.8. The van der Waals surface area contributed by atoms with Gasteiger partial charge in [-0.1, -0.05) is 39.0 Å². The summed E-state index contributed by atoms with van der Waals surface area (Å²) in [5, 5.41) is 8.54. The van der Waals surface area contributed by atoms with Crippen LogP contribution in [-0.4, -0.2) is 17.9 Å². The second-order valence-corrected chi connectivity index (χ2v) is 3.62. The maximum Gasteiger partial charge on any atom is 0.394 e. The van der Waals surface area contributed by atoms with E-state index in [2.05, 4.69) is 6.92 Å². The number of rotatable bonds is 7. The molecule has 0 heterocycles. The molecule has 0 amide bonds. The molecule has 1 atom stereocenters. The van der Waals surface area contributed by atoms with Crippen LogP contribution < -0.4 is 0 Å². The lowest BCUT2D eigenvalue weighted by Gasteiger charge is -2.17. The number of aliphatic hydroxyl groups is 1. The van der Waals surface area contributed by atoms with Crippen molar-refractivity contribution in [3.63, 3.8) is 0 Å². The molecule has 0 aliphatic rings. The van der Waals surface area contributed by atoms with Gasteiger partial charge in [0.15, 0.2) is 0 Å². The van der Waals surface area contributed by atoms with Crippen LogP contribution in [0.5, 0.6) is 0 Å². The van der Waals surface area contributed by atoms with Gasteiger partial charge in [0.05, 0.1) is 12.5 Å². The van der Waals surface area contributed by atoms with Gasteiger partial charge in [-0.2, -0.15) is 13.2 Å². The second-order valence-electron chi connectivity index (χ2n) is 3.62. The van der Waals surface area contributed by atoms with E-state index in [0.717, 1.165) is 25.7 Å². The van der Waals surface area contributed by atoms with Crippen molar-refractivity contribution in [3.8, 4) is 0 Å². The third-order valence-corrected chi connectivity index (χ3v) is 2.34. The summed E-state index contributed by atoms with van der Waals surface area (Å²) in [6, 6.07) is 0. The lowest BCUT2D eigenvalue weighted by molar-refractivity contribution is -0.185. The largest absolute Gasteiger partial charge is 0.396 e. The molecule has 0 aliphatic carbocycles. The highest BCUT2D eigenvalue weighted by atomic mass is 19.4. The Labute approximate surface area is 83.3 Å². The lowest BCUT2D eigenvalue weighted by Crippen LogP contribution is -2.26. The third-order valence-electron chi connectivity index (χ3n) is 2.34. The van der Waals surface area contributed by atoms with Crippen molar-refractivity contribution in [2.45, 2.75) is 51.6 Å². The summed E-state index contributed by atoms with van der Waals surface area (Å²) in [5.74, 6) is -1.52. The highest BCUT2D eigenvalue weighted by molar-refractivity contribution is 4.66. The molecule has 1 N–H and O–H groups in total. The summed E-state index contributed by atoms with van der Waals surface area (Å²) in [6.07, 6.45) is 0.374. The third kappa shape index (κ3) is 6.24. The van der Waals surface area contributed by atoms with Crippen LogP contribution in [0.25, 0.3) is 0 Å². The molecule has 0 aromatic rings. The highest BCUT2D eigenvalue weighted by Gasteiger charge is 2.38. The zero-order valence-corrected chi connectivity index (χ0v) is 8.61. The predicted molar refractivity (Wildman–Crippen MR) is 50.0 cm³/mol.